The van der Waals surface area contributed by atoms with Crippen LogP contribution in [0.15, 0.2) is 29.2 Å². The number of ether oxygens (including phenoxy) is 2. The average molecular weight is 315 g/mol. The number of carbonyl (C=O) groups excluding carboxylic acids is 1. The van der Waals surface area contributed by atoms with Gasteiger partial charge in [-0.05, 0) is 38.5 Å². The van der Waals surface area contributed by atoms with Gasteiger partial charge in [0.25, 0.3) is 15.9 Å². The number of aryl methyl sites for hydroxylation is 1. The monoisotopic (exact) mass is 315 g/mol. The second kappa shape index (κ2) is 8.11. The number of hydrogen-bond acceptors (Lipinski definition) is 5. The fraction of sp³-hybridized carbons (Fsp3) is 0.500. The number of rotatable bonds is 8. The molecule has 0 heterocycles. The predicted octanol–water partition coefficient (Wildman–Crippen LogP) is 1.24. The molecule has 0 aliphatic carbocycles. The lowest BCUT2D eigenvalue weighted by Crippen LogP contribution is -2.39. The van der Waals surface area contributed by atoms with Gasteiger partial charge in [-0.3, -0.25) is 4.79 Å². The first-order chi connectivity index (χ1) is 9.86. The summed E-state index contributed by atoms with van der Waals surface area (Å²) in [5, 5.41) is 0. The highest BCUT2D eigenvalue weighted by Gasteiger charge is 2.22. The van der Waals surface area contributed by atoms with Crippen molar-refractivity contribution in [2.75, 3.05) is 19.8 Å². The van der Waals surface area contributed by atoms with Crippen molar-refractivity contribution in [2.24, 2.45) is 0 Å². The molecule has 1 N–H and O–H groups in total. The van der Waals surface area contributed by atoms with Crippen molar-refractivity contribution >= 4 is 15.9 Å². The van der Waals surface area contributed by atoms with E-state index >= 15 is 0 Å². The zero-order chi connectivity index (χ0) is 15.9. The molecule has 0 saturated carbocycles. The zero-order valence-electron chi connectivity index (χ0n) is 12.5. The predicted molar refractivity (Wildman–Crippen MR) is 78.4 cm³/mol. The van der Waals surface area contributed by atoms with E-state index in [0.717, 1.165) is 5.56 Å². The summed E-state index contributed by atoms with van der Waals surface area (Å²) in [5.74, 6) is -0.701. The molecule has 1 amide bonds. The quantitative estimate of drug-likeness (QED) is 0.730. The van der Waals surface area contributed by atoms with Crippen LogP contribution in [0, 0.1) is 6.92 Å². The van der Waals surface area contributed by atoms with Gasteiger partial charge in [0.1, 0.15) is 6.10 Å². The summed E-state index contributed by atoms with van der Waals surface area (Å²) < 4.78 is 36.4. The minimum atomic E-state index is -3.87. The van der Waals surface area contributed by atoms with E-state index in [4.69, 9.17) is 9.47 Å². The van der Waals surface area contributed by atoms with Crippen LogP contribution in [0.25, 0.3) is 0 Å². The van der Waals surface area contributed by atoms with Crippen molar-refractivity contribution < 1.29 is 22.7 Å². The number of carbonyl (C=O) groups is 1. The minimum Gasteiger partial charge on any atom is -0.379 e. The number of benzene rings is 1. The Kier molecular flexibility index (Phi) is 6.80. The Hall–Kier alpha value is -1.44. The van der Waals surface area contributed by atoms with Gasteiger partial charge in [-0.25, -0.2) is 13.1 Å². The molecule has 0 spiro atoms. The molecule has 0 fully saturated rings. The Labute approximate surface area is 125 Å². The van der Waals surface area contributed by atoms with Crippen LogP contribution in [-0.4, -0.2) is 40.2 Å². The Morgan fingerprint density at radius 1 is 1.33 bits per heavy atom. The van der Waals surface area contributed by atoms with E-state index in [1.54, 1.807) is 19.1 Å². The lowest BCUT2D eigenvalue weighted by molar-refractivity contribution is -0.130. The Morgan fingerprint density at radius 2 is 2.05 bits per heavy atom. The summed E-state index contributed by atoms with van der Waals surface area (Å²) in [6.45, 7) is 6.27. The van der Waals surface area contributed by atoms with E-state index in [-0.39, 0.29) is 11.5 Å². The molecule has 0 aromatic heterocycles. The Morgan fingerprint density at radius 3 is 2.67 bits per heavy atom. The molecular weight excluding hydrogens is 294 g/mol. The maximum Gasteiger partial charge on any atom is 0.264 e. The van der Waals surface area contributed by atoms with Crippen LogP contribution >= 0.6 is 0 Å². The highest BCUT2D eigenvalue weighted by atomic mass is 32.2. The van der Waals surface area contributed by atoms with Crippen LogP contribution in [-0.2, 0) is 24.3 Å². The number of nitrogens with one attached hydrogen (secondary N) is 1. The summed E-state index contributed by atoms with van der Waals surface area (Å²) in [5.41, 5.74) is 0.798. The van der Waals surface area contributed by atoms with Gasteiger partial charge in [0.05, 0.1) is 18.1 Å². The molecule has 1 rings (SSSR count). The molecule has 0 radical (unpaired) electrons. The molecule has 0 saturated heterocycles. The van der Waals surface area contributed by atoms with E-state index < -0.39 is 22.0 Å². The molecular formula is C14H21NO5S. The van der Waals surface area contributed by atoms with Gasteiger partial charge < -0.3 is 9.47 Å². The van der Waals surface area contributed by atoms with Crippen LogP contribution in [0.5, 0.6) is 0 Å². The largest absolute Gasteiger partial charge is 0.379 e. The number of hydrogen-bond donors (Lipinski definition) is 1. The summed E-state index contributed by atoms with van der Waals surface area (Å²) in [4.78, 5) is 11.9. The maximum atomic E-state index is 12.1. The van der Waals surface area contributed by atoms with Gasteiger partial charge in [-0.15, -0.1) is 0 Å². The van der Waals surface area contributed by atoms with E-state index in [2.05, 4.69) is 0 Å². The topological polar surface area (TPSA) is 81.7 Å². The summed E-state index contributed by atoms with van der Waals surface area (Å²) in [6, 6.07) is 6.33. The second-order valence-electron chi connectivity index (χ2n) is 4.50. The SMILES string of the molecule is CCOCCO[C@@H](C)C(=O)NS(=O)(=O)c1cccc(C)c1. The summed E-state index contributed by atoms with van der Waals surface area (Å²) >= 11 is 0. The maximum absolute atomic E-state index is 12.1. The molecule has 6 nitrogen and oxygen atoms in total. The molecule has 21 heavy (non-hydrogen) atoms. The van der Waals surface area contributed by atoms with Crippen LogP contribution in [0.2, 0.25) is 0 Å². The molecule has 1 aromatic carbocycles. The van der Waals surface area contributed by atoms with Crippen molar-refractivity contribution in [3.63, 3.8) is 0 Å². The van der Waals surface area contributed by atoms with E-state index in [1.165, 1.54) is 19.1 Å². The zero-order valence-corrected chi connectivity index (χ0v) is 13.3. The van der Waals surface area contributed by atoms with Crippen LogP contribution in [0.3, 0.4) is 0 Å². The first kappa shape index (κ1) is 17.6. The van der Waals surface area contributed by atoms with Gasteiger partial charge in [0, 0.05) is 6.61 Å². The number of sulfonamides is 1. The third-order valence-electron chi connectivity index (χ3n) is 2.70. The molecule has 0 aliphatic heterocycles. The number of amides is 1. The summed E-state index contributed by atoms with van der Waals surface area (Å²) in [7, 11) is -3.87. The average Bonchev–Trinajstić information content (AvgIpc) is 2.43. The molecule has 1 aromatic rings. The molecule has 0 aliphatic rings. The lowest BCUT2D eigenvalue weighted by Gasteiger charge is -2.13. The van der Waals surface area contributed by atoms with Crippen molar-refractivity contribution in [1.29, 1.82) is 0 Å². The van der Waals surface area contributed by atoms with Gasteiger partial charge in [-0.1, -0.05) is 12.1 Å². The Balaban J connectivity index is 2.60. The van der Waals surface area contributed by atoms with Crippen molar-refractivity contribution in [3.8, 4) is 0 Å². The minimum absolute atomic E-state index is 0.0531. The molecule has 0 unspecified atom stereocenters. The lowest BCUT2D eigenvalue weighted by atomic mass is 10.2. The smallest absolute Gasteiger partial charge is 0.264 e. The first-order valence-electron chi connectivity index (χ1n) is 6.69. The van der Waals surface area contributed by atoms with E-state index in [9.17, 15) is 13.2 Å². The van der Waals surface area contributed by atoms with Gasteiger partial charge in [-0.2, -0.15) is 0 Å². The summed E-state index contributed by atoms with van der Waals surface area (Å²) in [6.07, 6.45) is -0.870. The first-order valence-corrected chi connectivity index (χ1v) is 8.18. The third kappa shape index (κ3) is 5.82. The van der Waals surface area contributed by atoms with Gasteiger partial charge >= 0.3 is 0 Å². The second-order valence-corrected chi connectivity index (χ2v) is 6.18. The van der Waals surface area contributed by atoms with Crippen molar-refractivity contribution in [1.82, 2.24) is 4.72 Å². The third-order valence-corrected chi connectivity index (χ3v) is 4.05. The van der Waals surface area contributed by atoms with E-state index in [0.29, 0.717) is 13.2 Å². The Bertz CT molecular complexity index is 570. The fourth-order valence-corrected chi connectivity index (χ4v) is 2.71. The highest BCUT2D eigenvalue weighted by molar-refractivity contribution is 7.90. The molecule has 118 valence electrons. The van der Waals surface area contributed by atoms with E-state index in [1.807, 2.05) is 11.6 Å². The molecule has 7 heteroatoms. The molecule has 0 bridgehead atoms. The van der Waals surface area contributed by atoms with Crippen LogP contribution in [0.1, 0.15) is 19.4 Å². The normalized spacial score (nSPS) is 12.9. The molecule has 1 atom stereocenters. The van der Waals surface area contributed by atoms with Gasteiger partial charge in [0.15, 0.2) is 0 Å². The highest BCUT2D eigenvalue weighted by Crippen LogP contribution is 2.10. The fourth-order valence-electron chi connectivity index (χ4n) is 1.56. The van der Waals surface area contributed by atoms with Crippen molar-refractivity contribution in [3.05, 3.63) is 29.8 Å². The van der Waals surface area contributed by atoms with Crippen LogP contribution < -0.4 is 4.72 Å². The standard InChI is InChI=1S/C14H21NO5S/c1-4-19-8-9-20-12(3)14(16)15-21(17,18)13-7-5-6-11(2)10-13/h5-7,10,12H,4,8-9H2,1-3H3,(H,15,16)/t12-/m0/s1. The van der Waals surface area contributed by atoms with Gasteiger partial charge in [0.2, 0.25) is 0 Å². The van der Waals surface area contributed by atoms with Crippen LogP contribution in [0.4, 0.5) is 0 Å². The van der Waals surface area contributed by atoms with Crippen molar-refractivity contribution in [2.45, 2.75) is 31.8 Å².